The van der Waals surface area contributed by atoms with Crippen molar-refractivity contribution >= 4 is 52.1 Å². The molecule has 3 rings (SSSR count). The van der Waals surface area contributed by atoms with E-state index in [1.807, 2.05) is 12.1 Å². The summed E-state index contributed by atoms with van der Waals surface area (Å²) in [5.41, 5.74) is 2.83. The number of hydrogen-bond acceptors (Lipinski definition) is 3. The van der Waals surface area contributed by atoms with E-state index in [9.17, 15) is 14.0 Å². The van der Waals surface area contributed by atoms with Gasteiger partial charge in [-0.25, -0.2) is 4.39 Å². The first-order valence-corrected chi connectivity index (χ1v) is 10.9. The quantitative estimate of drug-likeness (QED) is 0.389. The normalized spacial score (nSPS) is 10.9. The fourth-order valence-corrected chi connectivity index (χ4v) is 3.37. The lowest BCUT2D eigenvalue weighted by Gasteiger charge is -2.19. The second kappa shape index (κ2) is 10.1. The van der Waals surface area contributed by atoms with Crippen LogP contribution in [0.3, 0.4) is 0 Å². The molecule has 3 aromatic rings. The molecule has 33 heavy (non-hydrogen) atoms. The van der Waals surface area contributed by atoms with Crippen LogP contribution in [-0.4, -0.2) is 16.9 Å². The third kappa shape index (κ3) is 6.60. The summed E-state index contributed by atoms with van der Waals surface area (Å²) < 4.78 is 13.3. The summed E-state index contributed by atoms with van der Waals surface area (Å²) >= 11 is 11.0. The van der Waals surface area contributed by atoms with Gasteiger partial charge < -0.3 is 10.6 Å². The average Bonchev–Trinajstić information content (AvgIpc) is 2.76. The largest absolute Gasteiger partial charge is 0.332 e. The Balaban J connectivity index is 1.62. The molecule has 0 spiro atoms. The Labute approximate surface area is 202 Å². The number of carbonyl (C=O) groups excluding carboxylic acids is 2. The van der Waals surface area contributed by atoms with Gasteiger partial charge in [-0.1, -0.05) is 50.6 Å². The van der Waals surface area contributed by atoms with Gasteiger partial charge >= 0.3 is 0 Å². The Bertz CT molecular complexity index is 1210. The third-order valence-corrected chi connectivity index (χ3v) is 5.29. The van der Waals surface area contributed by atoms with Gasteiger partial charge in [0.05, 0.1) is 5.02 Å². The van der Waals surface area contributed by atoms with Crippen LogP contribution in [-0.2, 0) is 5.41 Å². The lowest BCUT2D eigenvalue weighted by Crippen LogP contribution is -2.34. The van der Waals surface area contributed by atoms with Gasteiger partial charge in [-0.15, -0.1) is 0 Å². The highest BCUT2D eigenvalue weighted by Gasteiger charge is 2.15. The molecule has 0 heterocycles. The van der Waals surface area contributed by atoms with Gasteiger partial charge in [-0.2, -0.15) is 0 Å². The van der Waals surface area contributed by atoms with Crippen LogP contribution in [0.2, 0.25) is 5.02 Å². The van der Waals surface area contributed by atoms with Crippen LogP contribution < -0.4 is 16.0 Å². The minimum Gasteiger partial charge on any atom is -0.332 e. The van der Waals surface area contributed by atoms with Crippen molar-refractivity contribution in [2.24, 2.45) is 0 Å². The highest BCUT2D eigenvalue weighted by molar-refractivity contribution is 7.80. The predicted octanol–water partition coefficient (Wildman–Crippen LogP) is 6.16. The van der Waals surface area contributed by atoms with Gasteiger partial charge in [0.2, 0.25) is 0 Å². The molecule has 0 saturated heterocycles. The van der Waals surface area contributed by atoms with Crippen molar-refractivity contribution < 1.29 is 14.0 Å². The molecule has 0 unspecified atom stereocenters. The van der Waals surface area contributed by atoms with Crippen molar-refractivity contribution in [3.05, 3.63) is 94.3 Å². The van der Waals surface area contributed by atoms with Crippen molar-refractivity contribution in [3.63, 3.8) is 0 Å². The standard InChI is InChI=1S/C25H23ClFN3O2S/c1-25(2,3)17-9-7-15(8-10-17)22(31)30-24(33)29-18-6-4-5-16(13-18)23(32)28-19-11-12-21(27)20(26)14-19/h4-14H,1-3H3,(H,28,32)(H2,29,30,31,33). The average molecular weight is 484 g/mol. The molecule has 0 aromatic heterocycles. The fourth-order valence-electron chi connectivity index (χ4n) is 2.97. The molecular formula is C25H23ClFN3O2S. The zero-order valence-corrected chi connectivity index (χ0v) is 19.9. The Morgan fingerprint density at radius 3 is 2.15 bits per heavy atom. The predicted molar refractivity (Wildman–Crippen MR) is 135 cm³/mol. The SMILES string of the molecule is CC(C)(C)c1ccc(C(=O)NC(=S)Nc2cccc(C(=O)Nc3ccc(F)c(Cl)c3)c2)cc1. The summed E-state index contributed by atoms with van der Waals surface area (Å²) in [6.07, 6.45) is 0. The van der Waals surface area contributed by atoms with Crippen molar-refractivity contribution in [2.75, 3.05) is 10.6 Å². The number of benzene rings is 3. The van der Waals surface area contributed by atoms with Crippen LogP contribution in [0, 0.1) is 5.82 Å². The van der Waals surface area contributed by atoms with Crippen LogP contribution in [0.4, 0.5) is 15.8 Å². The second-order valence-electron chi connectivity index (χ2n) is 8.40. The van der Waals surface area contributed by atoms with Crippen molar-refractivity contribution in [1.29, 1.82) is 0 Å². The maximum atomic E-state index is 13.3. The van der Waals surface area contributed by atoms with Gasteiger partial charge in [0, 0.05) is 22.5 Å². The van der Waals surface area contributed by atoms with Gasteiger partial charge in [-0.3, -0.25) is 14.9 Å². The summed E-state index contributed by atoms with van der Waals surface area (Å²) in [6.45, 7) is 6.30. The Morgan fingerprint density at radius 2 is 1.52 bits per heavy atom. The van der Waals surface area contributed by atoms with E-state index in [2.05, 4.69) is 36.7 Å². The molecule has 170 valence electrons. The first-order valence-electron chi connectivity index (χ1n) is 10.1. The maximum Gasteiger partial charge on any atom is 0.257 e. The molecule has 0 aliphatic rings. The van der Waals surface area contributed by atoms with E-state index >= 15 is 0 Å². The van der Waals surface area contributed by atoms with Gasteiger partial charge in [0.15, 0.2) is 5.11 Å². The number of halogens is 2. The third-order valence-electron chi connectivity index (χ3n) is 4.80. The van der Waals surface area contributed by atoms with Crippen LogP contribution in [0.1, 0.15) is 47.1 Å². The molecule has 3 aromatic carbocycles. The van der Waals surface area contributed by atoms with Gasteiger partial charge in [-0.05, 0) is 71.7 Å². The highest BCUT2D eigenvalue weighted by Crippen LogP contribution is 2.22. The minimum absolute atomic E-state index is 0.00780. The first-order chi connectivity index (χ1) is 15.5. The van der Waals surface area contributed by atoms with Crippen LogP contribution in [0.15, 0.2) is 66.7 Å². The monoisotopic (exact) mass is 483 g/mol. The summed E-state index contributed by atoms with van der Waals surface area (Å²) in [6, 6.07) is 17.8. The topological polar surface area (TPSA) is 70.2 Å². The lowest BCUT2D eigenvalue weighted by atomic mass is 9.87. The number of nitrogens with one attached hydrogen (secondary N) is 3. The molecule has 0 aliphatic heterocycles. The van der Waals surface area contributed by atoms with Crippen LogP contribution in [0.5, 0.6) is 0 Å². The first kappa shape index (κ1) is 24.4. The van der Waals surface area contributed by atoms with Gasteiger partial charge in [0.1, 0.15) is 5.82 Å². The summed E-state index contributed by atoms with van der Waals surface area (Å²) in [4.78, 5) is 25.0. The zero-order chi connectivity index (χ0) is 24.2. The number of hydrogen-bond donors (Lipinski definition) is 3. The van der Waals surface area contributed by atoms with E-state index in [-0.39, 0.29) is 21.5 Å². The summed E-state index contributed by atoms with van der Waals surface area (Å²) in [5, 5.41) is 8.21. The smallest absolute Gasteiger partial charge is 0.257 e. The molecule has 8 heteroatoms. The van der Waals surface area contributed by atoms with Gasteiger partial charge in [0.25, 0.3) is 11.8 Å². The Kier molecular flexibility index (Phi) is 7.46. The van der Waals surface area contributed by atoms with Crippen molar-refractivity contribution in [1.82, 2.24) is 5.32 Å². The Hall–Kier alpha value is -3.29. The molecule has 0 bridgehead atoms. The molecule has 2 amide bonds. The van der Waals surface area contributed by atoms with E-state index < -0.39 is 11.7 Å². The lowest BCUT2D eigenvalue weighted by molar-refractivity contribution is 0.0976. The van der Waals surface area contributed by atoms with E-state index in [4.69, 9.17) is 23.8 Å². The Morgan fingerprint density at radius 1 is 0.848 bits per heavy atom. The fraction of sp³-hybridized carbons (Fsp3) is 0.160. The number of carbonyl (C=O) groups is 2. The van der Waals surface area contributed by atoms with E-state index in [0.717, 1.165) is 5.56 Å². The van der Waals surface area contributed by atoms with Crippen LogP contribution in [0.25, 0.3) is 0 Å². The molecule has 0 fully saturated rings. The second-order valence-corrected chi connectivity index (χ2v) is 9.21. The van der Waals surface area contributed by atoms with E-state index in [1.54, 1.807) is 36.4 Å². The molecule has 3 N–H and O–H groups in total. The number of anilines is 2. The zero-order valence-electron chi connectivity index (χ0n) is 18.3. The molecule has 0 aliphatic carbocycles. The van der Waals surface area contributed by atoms with Crippen molar-refractivity contribution in [2.45, 2.75) is 26.2 Å². The summed E-state index contributed by atoms with van der Waals surface area (Å²) in [5.74, 6) is -1.31. The van der Waals surface area contributed by atoms with E-state index in [1.165, 1.54) is 18.2 Å². The number of rotatable bonds is 4. The maximum absolute atomic E-state index is 13.3. The summed E-state index contributed by atoms with van der Waals surface area (Å²) in [7, 11) is 0. The highest BCUT2D eigenvalue weighted by atomic mass is 35.5. The molecule has 5 nitrogen and oxygen atoms in total. The minimum atomic E-state index is -0.568. The van der Waals surface area contributed by atoms with Crippen molar-refractivity contribution in [3.8, 4) is 0 Å². The van der Waals surface area contributed by atoms with Crippen LogP contribution >= 0.6 is 23.8 Å². The number of amides is 2. The molecule has 0 atom stereocenters. The molecule has 0 radical (unpaired) electrons. The number of thiocarbonyl (C=S) groups is 1. The molecular weight excluding hydrogens is 461 g/mol. The molecule has 0 saturated carbocycles. The van der Waals surface area contributed by atoms with E-state index in [0.29, 0.717) is 22.5 Å².